The van der Waals surface area contributed by atoms with Crippen molar-refractivity contribution in [2.24, 2.45) is 5.73 Å². The van der Waals surface area contributed by atoms with Crippen LogP contribution in [0.25, 0.3) is 6.08 Å². The average Bonchev–Trinajstić information content (AvgIpc) is 2.88. The number of nitrogens with zero attached hydrogens (tertiary/aromatic N) is 2. The summed E-state index contributed by atoms with van der Waals surface area (Å²) in [5, 5.41) is 15.6. The lowest BCUT2D eigenvalue weighted by Gasteiger charge is -2.33. The molecule has 1 saturated heterocycles. The number of anilines is 1. The number of carbonyl (C=O) groups is 1. The Bertz CT molecular complexity index is 1340. The van der Waals surface area contributed by atoms with Gasteiger partial charge in [-0.2, -0.15) is 0 Å². The second kappa shape index (κ2) is 13.5. The number of nitrogens with two attached hydrogens (primary N) is 1. The highest BCUT2D eigenvalue weighted by atomic mass is 35.5. The van der Waals surface area contributed by atoms with Crippen LogP contribution in [-0.2, 0) is 19.6 Å². The number of esters is 1. The van der Waals surface area contributed by atoms with Gasteiger partial charge < -0.3 is 20.1 Å². The normalized spacial score (nSPS) is 14.3. The average molecular weight is 576 g/mol. The first-order valence-corrected chi connectivity index (χ1v) is 14.5. The number of nitrogen functional groups attached to an aromatic ring is 1. The molecular weight excluding hydrogens is 542 g/mol. The first kappa shape index (κ1) is 30.0. The van der Waals surface area contributed by atoms with Crippen molar-refractivity contribution in [2.75, 3.05) is 36.3 Å². The number of rotatable bonds is 11. The van der Waals surface area contributed by atoms with Gasteiger partial charge in [0, 0.05) is 31.5 Å². The summed E-state index contributed by atoms with van der Waals surface area (Å²) in [6.45, 7) is 4.79. The van der Waals surface area contributed by atoms with Crippen LogP contribution in [0.5, 0.6) is 5.75 Å². The van der Waals surface area contributed by atoms with E-state index in [1.54, 1.807) is 62.4 Å². The number of carbonyl (C=O) groups excluding carboxylic acids is 1. The summed E-state index contributed by atoms with van der Waals surface area (Å²) in [5.74, 6) is -0.783. The molecule has 4 N–H and O–H groups in total. The Balaban J connectivity index is 1.82. The number of benzene rings is 2. The minimum Gasteiger partial charge on any atom is -0.489 e. The van der Waals surface area contributed by atoms with Gasteiger partial charge in [-0.15, -0.1) is 0 Å². The number of sulfonamides is 1. The molecule has 39 heavy (non-hydrogen) atoms. The molecule has 0 radical (unpaired) electrons. The summed E-state index contributed by atoms with van der Waals surface area (Å²) in [4.78, 5) is 14.0. The van der Waals surface area contributed by atoms with Crippen molar-refractivity contribution in [1.29, 1.82) is 10.8 Å². The number of halogens is 1. The predicted octanol–water partition coefficient (Wildman–Crippen LogP) is 3.88. The highest BCUT2D eigenvalue weighted by Gasteiger charge is 2.27. The molecule has 0 saturated carbocycles. The van der Waals surface area contributed by atoms with Crippen LogP contribution < -0.4 is 14.8 Å². The van der Waals surface area contributed by atoms with Crippen LogP contribution in [0.3, 0.4) is 0 Å². The van der Waals surface area contributed by atoms with Gasteiger partial charge in [-0.3, -0.25) is 19.9 Å². The number of hydrogen-bond acceptors (Lipinski definition) is 7. The minimum atomic E-state index is -4.12. The van der Waals surface area contributed by atoms with Gasteiger partial charge in [-0.05, 0) is 43.7 Å². The van der Waals surface area contributed by atoms with E-state index in [0.717, 1.165) is 35.8 Å². The molecule has 1 fully saturated rings. The van der Waals surface area contributed by atoms with Crippen LogP contribution in [0, 0.1) is 10.8 Å². The minimum absolute atomic E-state index is 0.0664. The molecule has 0 unspecified atom stereocenters. The first-order chi connectivity index (χ1) is 18.5. The zero-order valence-corrected chi connectivity index (χ0v) is 23.6. The molecule has 2 aromatic rings. The quantitative estimate of drug-likeness (QED) is 0.209. The van der Waals surface area contributed by atoms with Crippen molar-refractivity contribution in [3.8, 4) is 5.75 Å². The Morgan fingerprint density at radius 3 is 2.54 bits per heavy atom. The monoisotopic (exact) mass is 575 g/mol. The number of ether oxygens (including phenoxy) is 2. The Morgan fingerprint density at radius 1 is 1.21 bits per heavy atom. The lowest BCUT2D eigenvalue weighted by Crippen LogP contribution is -2.40. The molecule has 2 aromatic carbocycles. The fourth-order valence-electron chi connectivity index (χ4n) is 4.13. The molecule has 1 aliphatic rings. The van der Waals surface area contributed by atoms with Gasteiger partial charge >= 0.3 is 5.97 Å². The van der Waals surface area contributed by atoms with Gasteiger partial charge in [0.15, 0.2) is 5.75 Å². The largest absolute Gasteiger partial charge is 0.489 e. The summed E-state index contributed by atoms with van der Waals surface area (Å²) in [5.41, 5.74) is 7.11. The molecular formula is C27H34ClN5O5S. The van der Waals surface area contributed by atoms with E-state index in [0.29, 0.717) is 17.1 Å². The maximum absolute atomic E-state index is 13.3. The zero-order chi connectivity index (χ0) is 28.6. The maximum Gasteiger partial charge on any atom is 0.323 e. The van der Waals surface area contributed by atoms with E-state index in [4.69, 9.17) is 37.6 Å². The third kappa shape index (κ3) is 8.46. The van der Waals surface area contributed by atoms with E-state index in [2.05, 4.69) is 0 Å². The van der Waals surface area contributed by atoms with Gasteiger partial charge in [0.2, 0.25) is 10.0 Å². The molecule has 12 heteroatoms. The standard InChI is InChI=1S/C27H34ClN5O5S/c1-3-37-26(34)18-39(35,36)33(13-5-7-20-6-4-8-21(16-20)27(30)31)22-9-10-25(24(28)17-22)38-23-11-14-32(15-12-23)19(2)29/h4-10,16-17,23,29H,3,11-15,18H2,1-2H3,(H3,30,31). The van der Waals surface area contributed by atoms with E-state index in [9.17, 15) is 13.2 Å². The molecule has 1 aliphatic heterocycles. The second-order valence-electron chi connectivity index (χ2n) is 9.04. The SMILES string of the molecule is CCOC(=O)CS(=O)(=O)N(CC=Cc1cccc(C(=N)N)c1)c1ccc(OC2CCN(C(C)=N)CC2)c(Cl)c1. The number of hydrogen-bond donors (Lipinski definition) is 3. The van der Waals surface area contributed by atoms with Crippen molar-refractivity contribution in [2.45, 2.75) is 32.8 Å². The summed E-state index contributed by atoms with van der Waals surface area (Å²) in [7, 11) is -4.12. The summed E-state index contributed by atoms with van der Waals surface area (Å²) >= 11 is 6.52. The molecule has 1 heterocycles. The Kier molecular flexibility index (Phi) is 10.4. The molecule has 210 valence electrons. The van der Waals surface area contributed by atoms with Gasteiger partial charge in [0.05, 0.1) is 29.7 Å². The molecule has 0 aliphatic carbocycles. The van der Waals surface area contributed by atoms with Crippen LogP contribution in [0.15, 0.2) is 48.5 Å². The van der Waals surface area contributed by atoms with E-state index in [1.807, 2.05) is 4.90 Å². The molecule has 0 bridgehead atoms. The number of amidine groups is 2. The van der Waals surface area contributed by atoms with Crippen molar-refractivity contribution < 1.29 is 22.7 Å². The topological polar surface area (TPSA) is 150 Å². The van der Waals surface area contributed by atoms with Gasteiger partial charge in [0.25, 0.3) is 0 Å². The number of nitrogens with one attached hydrogen (secondary N) is 2. The summed E-state index contributed by atoms with van der Waals surface area (Å²) < 4.78 is 38.5. The molecule has 0 aromatic heterocycles. The highest BCUT2D eigenvalue weighted by molar-refractivity contribution is 7.93. The molecule has 0 amide bonds. The fraction of sp³-hybridized carbons (Fsp3) is 0.370. The van der Waals surface area contributed by atoms with Gasteiger partial charge in [-0.1, -0.05) is 42.0 Å². The third-order valence-electron chi connectivity index (χ3n) is 6.13. The Hall–Kier alpha value is -3.57. The maximum atomic E-state index is 13.3. The lowest BCUT2D eigenvalue weighted by molar-refractivity contribution is -0.139. The van der Waals surface area contributed by atoms with Crippen LogP contribution in [-0.4, -0.2) is 69.1 Å². The predicted molar refractivity (Wildman–Crippen MR) is 154 cm³/mol. The Labute approximate surface area is 234 Å². The molecule has 0 spiro atoms. The van der Waals surface area contributed by atoms with Crippen molar-refractivity contribution in [3.05, 3.63) is 64.7 Å². The Morgan fingerprint density at radius 2 is 1.92 bits per heavy atom. The molecule has 10 nitrogen and oxygen atoms in total. The zero-order valence-electron chi connectivity index (χ0n) is 22.0. The van der Waals surface area contributed by atoms with Crippen molar-refractivity contribution in [3.63, 3.8) is 0 Å². The summed E-state index contributed by atoms with van der Waals surface area (Å²) in [6, 6.07) is 11.7. The van der Waals surface area contributed by atoms with Crippen LogP contribution in [0.4, 0.5) is 5.69 Å². The number of piperidine rings is 1. The van der Waals surface area contributed by atoms with E-state index in [1.165, 1.54) is 6.07 Å². The van der Waals surface area contributed by atoms with Crippen LogP contribution in [0.1, 0.15) is 37.8 Å². The van der Waals surface area contributed by atoms with Crippen molar-refractivity contribution >= 4 is 51.0 Å². The van der Waals surface area contributed by atoms with Crippen molar-refractivity contribution in [1.82, 2.24) is 4.90 Å². The lowest BCUT2D eigenvalue weighted by atomic mass is 10.1. The molecule has 0 atom stereocenters. The smallest absolute Gasteiger partial charge is 0.323 e. The highest BCUT2D eigenvalue weighted by Crippen LogP contribution is 2.32. The fourth-order valence-corrected chi connectivity index (χ4v) is 5.64. The second-order valence-corrected chi connectivity index (χ2v) is 11.3. The van der Waals surface area contributed by atoms with Gasteiger partial charge in [-0.25, -0.2) is 8.42 Å². The number of likely N-dealkylation sites (tertiary alicyclic amines) is 1. The van der Waals surface area contributed by atoms with E-state index in [-0.39, 0.29) is 35.8 Å². The third-order valence-corrected chi connectivity index (χ3v) is 8.06. The van der Waals surface area contributed by atoms with E-state index >= 15 is 0 Å². The van der Waals surface area contributed by atoms with Gasteiger partial charge in [0.1, 0.15) is 17.7 Å². The summed E-state index contributed by atoms with van der Waals surface area (Å²) in [6.07, 6.45) is 4.76. The molecule has 3 rings (SSSR count). The van der Waals surface area contributed by atoms with Crippen LogP contribution >= 0.6 is 11.6 Å². The van der Waals surface area contributed by atoms with Crippen LogP contribution in [0.2, 0.25) is 5.02 Å². The van der Waals surface area contributed by atoms with E-state index < -0.39 is 21.7 Å². The first-order valence-electron chi connectivity index (χ1n) is 12.5.